The van der Waals surface area contributed by atoms with Crippen molar-refractivity contribution in [2.75, 3.05) is 21.1 Å². The van der Waals surface area contributed by atoms with Crippen molar-refractivity contribution in [3.8, 4) is 0 Å². The lowest BCUT2D eigenvalue weighted by Crippen LogP contribution is -2.63. The normalized spacial score (nSPS) is 12.4. The van der Waals surface area contributed by atoms with Gasteiger partial charge in [0.1, 0.15) is 0 Å². The van der Waals surface area contributed by atoms with Gasteiger partial charge in [-0.05, 0) is 21.1 Å². The predicted molar refractivity (Wildman–Crippen MR) is 39.8 cm³/mol. The molecule has 0 atom stereocenters. The van der Waals surface area contributed by atoms with Gasteiger partial charge in [0.15, 0.2) is 0 Å². The lowest BCUT2D eigenvalue weighted by atomic mass is 10.7. The summed E-state index contributed by atoms with van der Waals surface area (Å²) in [7, 11) is 6.83. The van der Waals surface area contributed by atoms with Gasteiger partial charge in [-0.25, -0.2) is 0 Å². The van der Waals surface area contributed by atoms with Crippen LogP contribution >= 0.6 is 0 Å². The molecule has 0 bridgehead atoms. The van der Waals surface area contributed by atoms with Crippen molar-refractivity contribution in [1.29, 1.82) is 0 Å². The summed E-state index contributed by atoms with van der Waals surface area (Å²) >= 11 is 0. The minimum Gasteiger partial charge on any atom is -0.294 e. The summed E-state index contributed by atoms with van der Waals surface area (Å²) in [4.78, 5) is 0. The van der Waals surface area contributed by atoms with Crippen LogP contribution in [-0.4, -0.2) is 36.8 Å². The standard InChI is InChI=1S/C4H15N3Si/c1-5-4(8,6-2)7-3/h5-7H,1-3,8H3. The molecule has 3 nitrogen and oxygen atoms in total. The summed E-state index contributed by atoms with van der Waals surface area (Å²) in [6.45, 7) is 0. The summed E-state index contributed by atoms with van der Waals surface area (Å²) < 4.78 is 0. The van der Waals surface area contributed by atoms with Crippen LogP contribution in [0.3, 0.4) is 0 Å². The van der Waals surface area contributed by atoms with Gasteiger partial charge < -0.3 is 0 Å². The molecule has 0 aliphatic carbocycles. The van der Waals surface area contributed by atoms with Crippen molar-refractivity contribution in [1.82, 2.24) is 16.0 Å². The average Bonchev–Trinajstić information content (AvgIpc) is 1.87. The van der Waals surface area contributed by atoms with Crippen molar-refractivity contribution in [2.24, 2.45) is 0 Å². The van der Waals surface area contributed by atoms with Gasteiger partial charge in [-0.15, -0.1) is 0 Å². The van der Waals surface area contributed by atoms with E-state index in [0.717, 1.165) is 10.2 Å². The first-order chi connectivity index (χ1) is 3.68. The van der Waals surface area contributed by atoms with Crippen LogP contribution in [0.25, 0.3) is 0 Å². The zero-order valence-electron chi connectivity index (χ0n) is 6.00. The fourth-order valence-electron chi connectivity index (χ4n) is 0.375. The predicted octanol–water partition coefficient (Wildman–Crippen LogP) is -2.38. The van der Waals surface area contributed by atoms with Crippen LogP contribution < -0.4 is 16.0 Å². The Morgan fingerprint density at radius 1 is 1.00 bits per heavy atom. The molecule has 50 valence electrons. The van der Waals surface area contributed by atoms with Crippen molar-refractivity contribution < 1.29 is 0 Å². The van der Waals surface area contributed by atoms with Gasteiger partial charge in [-0.1, -0.05) is 0 Å². The Labute approximate surface area is 53.7 Å². The summed E-state index contributed by atoms with van der Waals surface area (Å²) in [5.41, 5.74) is 0.0139. The number of hydrogen-bond acceptors (Lipinski definition) is 3. The lowest BCUT2D eigenvalue weighted by molar-refractivity contribution is 0.373. The molecule has 0 saturated carbocycles. The molecule has 0 rings (SSSR count). The maximum Gasteiger partial charge on any atom is 0.0963 e. The molecular formula is C4H15N3Si. The molecule has 0 saturated heterocycles. The second-order valence-electron chi connectivity index (χ2n) is 1.88. The maximum absolute atomic E-state index is 3.12. The highest BCUT2D eigenvalue weighted by atomic mass is 28.1. The molecule has 8 heavy (non-hydrogen) atoms. The third-order valence-corrected chi connectivity index (χ3v) is 3.00. The SMILES string of the molecule is CNC([SiH3])(NC)NC. The molecule has 0 aliphatic rings. The second kappa shape index (κ2) is 3.19. The molecule has 0 aromatic rings. The summed E-state index contributed by atoms with van der Waals surface area (Å²) in [5.74, 6) is 0. The smallest absolute Gasteiger partial charge is 0.0963 e. The van der Waals surface area contributed by atoms with Gasteiger partial charge in [0, 0.05) is 0 Å². The molecule has 0 heterocycles. The van der Waals surface area contributed by atoms with E-state index in [-0.39, 0.29) is 5.41 Å². The van der Waals surface area contributed by atoms with E-state index in [2.05, 4.69) is 16.0 Å². The largest absolute Gasteiger partial charge is 0.294 e. The van der Waals surface area contributed by atoms with Gasteiger partial charge in [0.25, 0.3) is 0 Å². The fourth-order valence-corrected chi connectivity index (χ4v) is 0.375. The Balaban J connectivity index is 3.58. The summed E-state index contributed by atoms with van der Waals surface area (Å²) in [6.07, 6.45) is 0. The number of rotatable bonds is 3. The first kappa shape index (κ1) is 8.10. The Bertz CT molecular complexity index is 54.0. The average molecular weight is 133 g/mol. The number of hydrogen-bond donors (Lipinski definition) is 3. The van der Waals surface area contributed by atoms with E-state index in [9.17, 15) is 0 Å². The van der Waals surface area contributed by atoms with Crippen LogP contribution in [0, 0.1) is 0 Å². The Morgan fingerprint density at radius 2 is 1.25 bits per heavy atom. The molecule has 0 aromatic carbocycles. The first-order valence-electron chi connectivity index (χ1n) is 2.75. The zero-order valence-corrected chi connectivity index (χ0v) is 8.00. The van der Waals surface area contributed by atoms with Crippen LogP contribution in [0.5, 0.6) is 0 Å². The Morgan fingerprint density at radius 3 is 1.25 bits per heavy atom. The molecule has 0 aromatic heterocycles. The maximum atomic E-state index is 3.12. The molecule has 0 amide bonds. The quantitative estimate of drug-likeness (QED) is 0.297. The first-order valence-corrected chi connectivity index (χ1v) is 3.75. The molecule has 3 N–H and O–H groups in total. The molecule has 4 heteroatoms. The Kier molecular flexibility index (Phi) is 3.23. The zero-order chi connectivity index (χ0) is 6.62. The lowest BCUT2D eigenvalue weighted by Gasteiger charge is -2.28. The van der Waals surface area contributed by atoms with E-state index in [1.54, 1.807) is 0 Å². The van der Waals surface area contributed by atoms with E-state index in [4.69, 9.17) is 0 Å². The van der Waals surface area contributed by atoms with E-state index in [1.807, 2.05) is 21.1 Å². The third kappa shape index (κ3) is 1.91. The second-order valence-corrected chi connectivity index (χ2v) is 3.38. The van der Waals surface area contributed by atoms with E-state index < -0.39 is 0 Å². The summed E-state index contributed by atoms with van der Waals surface area (Å²) in [5, 5.41) is 9.35. The highest BCUT2D eigenvalue weighted by Crippen LogP contribution is 1.78. The van der Waals surface area contributed by atoms with Crippen molar-refractivity contribution in [2.45, 2.75) is 5.41 Å². The van der Waals surface area contributed by atoms with E-state index in [1.165, 1.54) is 0 Å². The molecular weight excluding hydrogens is 118 g/mol. The van der Waals surface area contributed by atoms with Crippen molar-refractivity contribution >= 4 is 10.2 Å². The molecule has 0 spiro atoms. The van der Waals surface area contributed by atoms with Gasteiger partial charge in [0.2, 0.25) is 0 Å². The monoisotopic (exact) mass is 133 g/mol. The number of nitrogens with one attached hydrogen (secondary N) is 3. The van der Waals surface area contributed by atoms with Crippen LogP contribution in [0.2, 0.25) is 0 Å². The minimum absolute atomic E-state index is 0.0139. The van der Waals surface area contributed by atoms with Gasteiger partial charge in [0.05, 0.1) is 15.7 Å². The van der Waals surface area contributed by atoms with Crippen LogP contribution in [-0.2, 0) is 0 Å². The molecule has 0 aliphatic heterocycles. The summed E-state index contributed by atoms with van der Waals surface area (Å²) in [6, 6.07) is 0. The van der Waals surface area contributed by atoms with Gasteiger partial charge in [-0.3, -0.25) is 16.0 Å². The minimum atomic E-state index is 0.0139. The highest BCUT2D eigenvalue weighted by Gasteiger charge is 2.13. The van der Waals surface area contributed by atoms with Gasteiger partial charge >= 0.3 is 0 Å². The van der Waals surface area contributed by atoms with Crippen LogP contribution in [0.15, 0.2) is 0 Å². The van der Waals surface area contributed by atoms with Crippen LogP contribution in [0.1, 0.15) is 0 Å². The Hall–Kier alpha value is 0.0969. The van der Waals surface area contributed by atoms with E-state index in [0.29, 0.717) is 0 Å². The van der Waals surface area contributed by atoms with Crippen LogP contribution in [0.4, 0.5) is 0 Å². The van der Waals surface area contributed by atoms with Gasteiger partial charge in [-0.2, -0.15) is 0 Å². The fraction of sp³-hybridized carbons (Fsp3) is 1.00. The van der Waals surface area contributed by atoms with Crippen molar-refractivity contribution in [3.63, 3.8) is 0 Å². The van der Waals surface area contributed by atoms with Crippen molar-refractivity contribution in [3.05, 3.63) is 0 Å². The highest BCUT2D eigenvalue weighted by molar-refractivity contribution is 6.14. The topological polar surface area (TPSA) is 36.1 Å². The third-order valence-electron chi connectivity index (χ3n) is 1.50. The molecule has 0 radical (unpaired) electrons. The molecule has 0 unspecified atom stereocenters. The van der Waals surface area contributed by atoms with E-state index >= 15 is 0 Å². The molecule has 0 fully saturated rings.